The van der Waals surface area contributed by atoms with E-state index in [1.807, 2.05) is 54.6 Å². The first-order valence-corrected chi connectivity index (χ1v) is 18.3. The van der Waals surface area contributed by atoms with Crippen LogP contribution in [-0.2, 0) is 21.0 Å². The normalized spacial score (nSPS) is 22.0. The van der Waals surface area contributed by atoms with E-state index in [1.165, 1.54) is 10.4 Å². The Balaban J connectivity index is 1.48. The SMILES string of the molecule is C[Si@H]1c2ccccc2[S+]([O-])c2cc(-c3ccc4c(c3)S(=O)(=O)c3ccccc3[Si@H]4C)ccc21. The molecule has 0 aliphatic carbocycles. The first kappa shape index (κ1) is 21.1. The van der Waals surface area contributed by atoms with E-state index in [0.717, 1.165) is 31.3 Å². The maximum atomic E-state index is 13.5. The van der Waals surface area contributed by atoms with Gasteiger partial charge in [0, 0.05) is 17.2 Å². The Hall–Kier alpha value is -2.43. The zero-order valence-electron chi connectivity index (χ0n) is 18.3. The van der Waals surface area contributed by atoms with Gasteiger partial charge in [-0.3, -0.25) is 0 Å². The molecule has 3 atom stereocenters. The lowest BCUT2D eigenvalue weighted by Gasteiger charge is -2.27. The Morgan fingerprint density at radius 3 is 1.97 bits per heavy atom. The van der Waals surface area contributed by atoms with Crippen molar-refractivity contribution in [1.29, 1.82) is 0 Å². The topological polar surface area (TPSA) is 57.2 Å². The van der Waals surface area contributed by atoms with Gasteiger partial charge in [-0.1, -0.05) is 73.8 Å². The molecule has 2 aliphatic rings. The van der Waals surface area contributed by atoms with Crippen LogP contribution < -0.4 is 20.7 Å². The fourth-order valence-electron chi connectivity index (χ4n) is 5.20. The van der Waals surface area contributed by atoms with Gasteiger partial charge in [-0.15, -0.1) is 0 Å². The minimum Gasteiger partial charge on any atom is -0.606 e. The molecule has 1 unspecified atom stereocenters. The van der Waals surface area contributed by atoms with Gasteiger partial charge < -0.3 is 4.55 Å². The largest absolute Gasteiger partial charge is 0.606 e. The van der Waals surface area contributed by atoms with E-state index in [1.54, 1.807) is 12.1 Å². The molecular formula is C26H22O3S2Si2. The van der Waals surface area contributed by atoms with E-state index in [9.17, 15) is 13.0 Å². The molecule has 0 amide bonds. The monoisotopic (exact) mass is 502 g/mol. The summed E-state index contributed by atoms with van der Waals surface area (Å²) in [4.78, 5) is 2.69. The van der Waals surface area contributed by atoms with Crippen LogP contribution in [0.15, 0.2) is 105 Å². The number of hydrogen-bond donors (Lipinski definition) is 0. The number of sulfone groups is 1. The van der Waals surface area contributed by atoms with E-state index in [4.69, 9.17) is 0 Å². The van der Waals surface area contributed by atoms with Crippen molar-refractivity contribution < 1.29 is 13.0 Å². The summed E-state index contributed by atoms with van der Waals surface area (Å²) < 4.78 is 40.3. The molecule has 164 valence electrons. The molecule has 2 aliphatic heterocycles. The van der Waals surface area contributed by atoms with E-state index in [2.05, 4.69) is 31.3 Å². The van der Waals surface area contributed by atoms with Gasteiger partial charge in [-0.25, -0.2) is 8.42 Å². The minimum atomic E-state index is -3.56. The van der Waals surface area contributed by atoms with Crippen LogP contribution in [0.1, 0.15) is 0 Å². The second kappa shape index (κ2) is 7.54. The fourth-order valence-corrected chi connectivity index (χ4v) is 16.0. The van der Waals surface area contributed by atoms with Crippen molar-refractivity contribution in [3.63, 3.8) is 0 Å². The van der Waals surface area contributed by atoms with Crippen LogP contribution in [0.3, 0.4) is 0 Å². The van der Waals surface area contributed by atoms with Gasteiger partial charge in [0.1, 0.15) is 17.6 Å². The molecule has 4 aromatic carbocycles. The molecule has 33 heavy (non-hydrogen) atoms. The third-order valence-electron chi connectivity index (χ3n) is 7.04. The third kappa shape index (κ3) is 3.07. The highest BCUT2D eigenvalue weighted by Gasteiger charge is 2.36. The lowest BCUT2D eigenvalue weighted by Crippen LogP contribution is -2.48. The van der Waals surface area contributed by atoms with Crippen molar-refractivity contribution in [1.82, 2.24) is 0 Å². The van der Waals surface area contributed by atoms with Crippen molar-refractivity contribution in [2.75, 3.05) is 0 Å². The van der Waals surface area contributed by atoms with Crippen molar-refractivity contribution in [2.45, 2.75) is 32.7 Å². The van der Waals surface area contributed by atoms with Crippen molar-refractivity contribution in [3.05, 3.63) is 84.9 Å². The Labute approximate surface area is 200 Å². The standard InChI is InChI=1S/C26H22O3S2Si2/c1-32-23-9-5-3-7-19(23)30(27)20-15-17(11-13-24(20)32)18-12-14-26-22(16-18)31(28,29)21-8-4-6-10-25(21)33(26)2/h3-16,32-33H,1-2H3/t30?,32-,33+/m0/s1. The zero-order valence-corrected chi connectivity index (χ0v) is 22.2. The lowest BCUT2D eigenvalue weighted by atomic mass is 10.1. The van der Waals surface area contributed by atoms with E-state index < -0.39 is 38.6 Å². The molecule has 0 fully saturated rings. The summed E-state index contributed by atoms with van der Waals surface area (Å²) in [5.41, 5.74) is 1.76. The molecule has 4 aromatic rings. The molecule has 0 bridgehead atoms. The summed E-state index contributed by atoms with van der Waals surface area (Å²) in [6.07, 6.45) is 0. The maximum absolute atomic E-state index is 13.5. The third-order valence-corrected chi connectivity index (χ3v) is 17.0. The first-order chi connectivity index (χ1) is 15.9. The second-order valence-electron chi connectivity index (χ2n) is 8.80. The smallest absolute Gasteiger partial charge is 0.206 e. The number of hydrogen-bond acceptors (Lipinski definition) is 3. The summed E-state index contributed by atoms with van der Waals surface area (Å²) >= 11 is -1.22. The van der Waals surface area contributed by atoms with Gasteiger partial charge in [0.2, 0.25) is 9.84 Å². The molecule has 7 heteroatoms. The molecular weight excluding hydrogens is 481 g/mol. The van der Waals surface area contributed by atoms with Crippen molar-refractivity contribution in [3.8, 4) is 11.1 Å². The van der Waals surface area contributed by atoms with Crippen LogP contribution in [-0.4, -0.2) is 30.6 Å². The van der Waals surface area contributed by atoms with Crippen molar-refractivity contribution >= 4 is 59.4 Å². The average molecular weight is 503 g/mol. The molecule has 6 rings (SSSR count). The Morgan fingerprint density at radius 1 is 0.636 bits per heavy atom. The summed E-state index contributed by atoms with van der Waals surface area (Å²) in [7, 11) is -6.56. The van der Waals surface area contributed by atoms with Gasteiger partial charge in [-0.2, -0.15) is 0 Å². The lowest BCUT2D eigenvalue weighted by molar-refractivity contribution is 0.595. The quantitative estimate of drug-likeness (QED) is 0.295. The van der Waals surface area contributed by atoms with E-state index in [0.29, 0.717) is 9.79 Å². The van der Waals surface area contributed by atoms with Gasteiger partial charge in [-0.05, 0) is 50.1 Å². The maximum Gasteiger partial charge on any atom is 0.206 e. The summed E-state index contributed by atoms with van der Waals surface area (Å²) in [5, 5.41) is 4.40. The van der Waals surface area contributed by atoms with Crippen LogP contribution in [0.5, 0.6) is 0 Å². The predicted molar refractivity (Wildman–Crippen MR) is 139 cm³/mol. The van der Waals surface area contributed by atoms with E-state index >= 15 is 0 Å². The van der Waals surface area contributed by atoms with Crippen LogP contribution in [0, 0.1) is 0 Å². The van der Waals surface area contributed by atoms with Gasteiger partial charge >= 0.3 is 0 Å². The first-order valence-electron chi connectivity index (χ1n) is 11.0. The molecule has 2 heterocycles. The van der Waals surface area contributed by atoms with Crippen LogP contribution >= 0.6 is 0 Å². The molecule has 0 radical (unpaired) electrons. The highest BCUT2D eigenvalue weighted by Crippen LogP contribution is 2.31. The van der Waals surface area contributed by atoms with E-state index in [-0.39, 0.29) is 0 Å². The second-order valence-corrected chi connectivity index (χ2v) is 17.5. The minimum absolute atomic E-state index is 0.435. The highest BCUT2D eigenvalue weighted by atomic mass is 32.2. The predicted octanol–water partition coefficient (Wildman–Crippen LogP) is 1.92. The van der Waals surface area contributed by atoms with Crippen LogP contribution in [0.2, 0.25) is 13.1 Å². The van der Waals surface area contributed by atoms with Crippen molar-refractivity contribution in [2.24, 2.45) is 0 Å². The molecule has 3 nitrogen and oxygen atoms in total. The number of rotatable bonds is 1. The number of benzene rings is 4. The molecule has 0 saturated heterocycles. The highest BCUT2D eigenvalue weighted by molar-refractivity contribution is 7.92. The molecule has 0 saturated carbocycles. The van der Waals surface area contributed by atoms with Crippen LogP contribution in [0.25, 0.3) is 11.1 Å². The van der Waals surface area contributed by atoms with Crippen LogP contribution in [0.4, 0.5) is 0 Å². The Bertz CT molecular complexity index is 1550. The molecule has 0 aromatic heterocycles. The fraction of sp³-hybridized carbons (Fsp3) is 0.0769. The summed E-state index contributed by atoms with van der Waals surface area (Å²) in [6, 6.07) is 27.5. The Kier molecular flexibility index (Phi) is 4.83. The van der Waals surface area contributed by atoms with Gasteiger partial charge in [0.25, 0.3) is 0 Å². The molecule has 0 N–H and O–H groups in total. The summed E-state index contributed by atoms with van der Waals surface area (Å²) in [5.74, 6) is 0. The Morgan fingerprint density at radius 2 is 1.18 bits per heavy atom. The zero-order chi connectivity index (χ0) is 22.9. The summed E-state index contributed by atoms with van der Waals surface area (Å²) in [6.45, 7) is 4.47. The molecule has 0 spiro atoms. The number of fused-ring (bicyclic) bond motifs is 4. The van der Waals surface area contributed by atoms with Gasteiger partial charge in [0.15, 0.2) is 9.79 Å². The average Bonchev–Trinajstić information content (AvgIpc) is 2.85. The van der Waals surface area contributed by atoms with Gasteiger partial charge in [0.05, 0.1) is 9.79 Å².